The summed E-state index contributed by atoms with van der Waals surface area (Å²) in [6.07, 6.45) is 2.93. The van der Waals surface area contributed by atoms with Gasteiger partial charge < -0.3 is 10.1 Å². The van der Waals surface area contributed by atoms with Crippen molar-refractivity contribution in [3.63, 3.8) is 0 Å². The molecule has 0 fully saturated rings. The first-order valence-electron chi connectivity index (χ1n) is 6.78. The number of unbranched alkanes of at least 4 members (excludes halogenated alkanes) is 2. The van der Waals surface area contributed by atoms with Gasteiger partial charge >= 0.3 is 5.97 Å². The molecule has 1 N–H and O–H groups in total. The second-order valence-corrected chi connectivity index (χ2v) is 4.96. The van der Waals surface area contributed by atoms with Crippen molar-refractivity contribution in [1.29, 1.82) is 0 Å². The van der Waals surface area contributed by atoms with Gasteiger partial charge in [0.05, 0.1) is 17.2 Å². The third-order valence-electron chi connectivity index (χ3n) is 2.81. The molecule has 1 rings (SSSR count). The third-order valence-corrected chi connectivity index (χ3v) is 3.14. The van der Waals surface area contributed by atoms with E-state index in [2.05, 4.69) is 12.2 Å². The number of amides is 1. The highest BCUT2D eigenvalue weighted by atomic mass is 35.5. The van der Waals surface area contributed by atoms with Gasteiger partial charge in [-0.2, -0.15) is 0 Å². The van der Waals surface area contributed by atoms with E-state index in [1.807, 2.05) is 0 Å². The molecule has 0 heterocycles. The zero-order chi connectivity index (χ0) is 15.0. The number of esters is 1. The summed E-state index contributed by atoms with van der Waals surface area (Å²) in [5.74, 6) is -0.810. The molecule has 1 atom stereocenters. The van der Waals surface area contributed by atoms with Crippen LogP contribution < -0.4 is 5.32 Å². The van der Waals surface area contributed by atoms with Gasteiger partial charge in [0.15, 0.2) is 0 Å². The van der Waals surface area contributed by atoms with Crippen LogP contribution in [0, 0.1) is 0 Å². The molecule has 0 spiro atoms. The molecular formula is C15H20ClNO3. The van der Waals surface area contributed by atoms with E-state index in [0.717, 1.165) is 19.3 Å². The monoisotopic (exact) mass is 297 g/mol. The molecule has 110 valence electrons. The first kappa shape index (κ1) is 16.5. The molecule has 0 aliphatic rings. The Bertz CT molecular complexity index is 462. The van der Waals surface area contributed by atoms with E-state index in [1.54, 1.807) is 31.2 Å². The summed E-state index contributed by atoms with van der Waals surface area (Å²) in [7, 11) is 0. The normalized spacial score (nSPS) is 11.8. The fourth-order valence-corrected chi connectivity index (χ4v) is 1.85. The molecule has 4 nitrogen and oxygen atoms in total. The average Bonchev–Trinajstić information content (AvgIpc) is 2.43. The number of benzene rings is 1. The van der Waals surface area contributed by atoms with Crippen molar-refractivity contribution in [3.8, 4) is 0 Å². The van der Waals surface area contributed by atoms with Crippen LogP contribution in [0.2, 0.25) is 5.02 Å². The molecule has 0 aliphatic carbocycles. The second-order valence-electron chi connectivity index (χ2n) is 4.55. The molecular weight excluding hydrogens is 278 g/mol. The smallest absolute Gasteiger partial charge is 0.328 e. The summed E-state index contributed by atoms with van der Waals surface area (Å²) in [5.41, 5.74) is 0.347. The van der Waals surface area contributed by atoms with Crippen molar-refractivity contribution < 1.29 is 14.3 Å². The molecule has 0 aromatic heterocycles. The SMILES string of the molecule is CCCCCOC(=O)[C@H](C)NC(=O)c1ccccc1Cl. The van der Waals surface area contributed by atoms with Crippen LogP contribution in [-0.2, 0) is 9.53 Å². The fraction of sp³-hybridized carbons (Fsp3) is 0.467. The number of rotatable bonds is 7. The largest absolute Gasteiger partial charge is 0.464 e. The van der Waals surface area contributed by atoms with Crippen LogP contribution in [0.4, 0.5) is 0 Å². The number of hydrogen-bond donors (Lipinski definition) is 1. The Morgan fingerprint density at radius 1 is 1.30 bits per heavy atom. The molecule has 0 radical (unpaired) electrons. The minimum atomic E-state index is -0.694. The minimum absolute atomic E-state index is 0.347. The van der Waals surface area contributed by atoms with E-state index in [0.29, 0.717) is 17.2 Å². The van der Waals surface area contributed by atoms with Crippen LogP contribution in [0.25, 0.3) is 0 Å². The summed E-state index contributed by atoms with van der Waals surface area (Å²) in [6.45, 7) is 4.06. The molecule has 0 saturated heterocycles. The molecule has 0 unspecified atom stereocenters. The maximum atomic E-state index is 12.0. The van der Waals surface area contributed by atoms with Crippen LogP contribution in [0.15, 0.2) is 24.3 Å². The number of hydrogen-bond acceptors (Lipinski definition) is 3. The van der Waals surface area contributed by atoms with Gasteiger partial charge in [0.1, 0.15) is 6.04 Å². The van der Waals surface area contributed by atoms with Gasteiger partial charge in [0, 0.05) is 0 Å². The van der Waals surface area contributed by atoms with Crippen LogP contribution in [0.3, 0.4) is 0 Å². The van der Waals surface area contributed by atoms with Gasteiger partial charge in [-0.1, -0.05) is 43.5 Å². The molecule has 1 aromatic carbocycles. The maximum absolute atomic E-state index is 12.0. The molecule has 5 heteroatoms. The Hall–Kier alpha value is -1.55. The van der Waals surface area contributed by atoms with Crippen molar-refractivity contribution in [3.05, 3.63) is 34.9 Å². The lowest BCUT2D eigenvalue weighted by molar-refractivity contribution is -0.145. The predicted molar refractivity (Wildman–Crippen MR) is 78.9 cm³/mol. The highest BCUT2D eigenvalue weighted by Gasteiger charge is 2.18. The Morgan fingerprint density at radius 2 is 2.00 bits per heavy atom. The molecule has 0 aliphatic heterocycles. The standard InChI is InChI=1S/C15H20ClNO3/c1-3-4-7-10-20-15(19)11(2)17-14(18)12-8-5-6-9-13(12)16/h5-6,8-9,11H,3-4,7,10H2,1-2H3,(H,17,18)/t11-/m0/s1. The molecule has 1 aromatic rings. The van der Waals surface area contributed by atoms with E-state index in [9.17, 15) is 9.59 Å². The number of carbonyl (C=O) groups excluding carboxylic acids is 2. The predicted octanol–water partition coefficient (Wildman–Crippen LogP) is 3.19. The lowest BCUT2D eigenvalue weighted by Gasteiger charge is -2.13. The van der Waals surface area contributed by atoms with Crippen LogP contribution in [0.1, 0.15) is 43.5 Å². The first-order valence-corrected chi connectivity index (χ1v) is 7.16. The fourth-order valence-electron chi connectivity index (χ4n) is 1.63. The third kappa shape index (κ3) is 5.21. The van der Waals surface area contributed by atoms with E-state index in [4.69, 9.17) is 16.3 Å². The van der Waals surface area contributed by atoms with Crippen molar-refractivity contribution in [2.24, 2.45) is 0 Å². The highest BCUT2D eigenvalue weighted by molar-refractivity contribution is 6.33. The zero-order valence-corrected chi connectivity index (χ0v) is 12.6. The van der Waals surface area contributed by atoms with Gasteiger partial charge in [0.25, 0.3) is 5.91 Å². The van der Waals surface area contributed by atoms with Crippen LogP contribution >= 0.6 is 11.6 Å². The van der Waals surface area contributed by atoms with Gasteiger partial charge in [-0.15, -0.1) is 0 Å². The highest BCUT2D eigenvalue weighted by Crippen LogP contribution is 2.14. The molecule has 1 amide bonds. The summed E-state index contributed by atoms with van der Waals surface area (Å²) in [6, 6.07) is 6.00. The Morgan fingerprint density at radius 3 is 2.65 bits per heavy atom. The van der Waals surface area contributed by atoms with Gasteiger partial charge in [-0.3, -0.25) is 4.79 Å². The van der Waals surface area contributed by atoms with Crippen molar-refractivity contribution >= 4 is 23.5 Å². The Balaban J connectivity index is 2.45. The molecule has 0 saturated carbocycles. The van der Waals surface area contributed by atoms with E-state index < -0.39 is 12.0 Å². The van der Waals surface area contributed by atoms with E-state index in [1.165, 1.54) is 0 Å². The second kappa shape index (κ2) is 8.59. The number of ether oxygens (including phenoxy) is 1. The maximum Gasteiger partial charge on any atom is 0.328 e. The summed E-state index contributed by atoms with van der Waals surface area (Å²) in [4.78, 5) is 23.6. The lowest BCUT2D eigenvalue weighted by atomic mass is 10.2. The Labute approximate surface area is 124 Å². The molecule has 0 bridgehead atoms. The van der Waals surface area contributed by atoms with Gasteiger partial charge in [-0.25, -0.2) is 4.79 Å². The quantitative estimate of drug-likeness (QED) is 0.621. The number of halogens is 1. The number of carbonyl (C=O) groups is 2. The van der Waals surface area contributed by atoms with E-state index >= 15 is 0 Å². The minimum Gasteiger partial charge on any atom is -0.464 e. The number of nitrogens with one attached hydrogen (secondary N) is 1. The first-order chi connectivity index (χ1) is 9.56. The average molecular weight is 298 g/mol. The van der Waals surface area contributed by atoms with Crippen molar-refractivity contribution in [2.75, 3.05) is 6.61 Å². The zero-order valence-electron chi connectivity index (χ0n) is 11.8. The van der Waals surface area contributed by atoms with Gasteiger partial charge in [-0.05, 0) is 25.5 Å². The summed E-state index contributed by atoms with van der Waals surface area (Å²) >= 11 is 5.92. The van der Waals surface area contributed by atoms with E-state index in [-0.39, 0.29) is 5.91 Å². The van der Waals surface area contributed by atoms with Crippen molar-refractivity contribution in [1.82, 2.24) is 5.32 Å². The van der Waals surface area contributed by atoms with Crippen LogP contribution in [0.5, 0.6) is 0 Å². The summed E-state index contributed by atoms with van der Waals surface area (Å²) in [5, 5.41) is 2.93. The molecule has 20 heavy (non-hydrogen) atoms. The topological polar surface area (TPSA) is 55.4 Å². The Kier molecular flexibility index (Phi) is 7.09. The summed E-state index contributed by atoms with van der Waals surface area (Å²) < 4.78 is 5.09. The lowest BCUT2D eigenvalue weighted by Crippen LogP contribution is -2.39. The van der Waals surface area contributed by atoms with Gasteiger partial charge in [0.2, 0.25) is 0 Å². The van der Waals surface area contributed by atoms with Crippen LogP contribution in [-0.4, -0.2) is 24.5 Å². The van der Waals surface area contributed by atoms with Crippen molar-refractivity contribution in [2.45, 2.75) is 39.2 Å².